The third kappa shape index (κ3) is 4.92. The molecule has 0 atom stereocenters. The molecule has 0 aromatic carbocycles. The molecular weight excluding hydrogens is 378 g/mol. The summed E-state index contributed by atoms with van der Waals surface area (Å²) in [4.78, 5) is 12.9. The Hall–Kier alpha value is -2.08. The minimum absolute atomic E-state index is 0.270. The molecule has 2 fully saturated rings. The van der Waals surface area contributed by atoms with E-state index in [0.717, 1.165) is 44.3 Å². The van der Waals surface area contributed by atoms with E-state index in [4.69, 9.17) is 0 Å². The molecule has 5 nitrogen and oxygen atoms in total. The van der Waals surface area contributed by atoms with E-state index >= 15 is 0 Å². The number of piperidine rings is 1. The lowest BCUT2D eigenvalue weighted by atomic mass is 9.73. The Bertz CT molecular complexity index is 760. The molecule has 1 saturated heterocycles. The Morgan fingerprint density at radius 3 is 2.66 bits per heavy atom. The third-order valence-corrected chi connectivity index (χ3v) is 7.60. The van der Waals surface area contributed by atoms with Crippen LogP contribution in [-0.4, -0.2) is 43.7 Å². The van der Waals surface area contributed by atoms with Gasteiger partial charge in [-0.2, -0.15) is 0 Å². The number of hydrogen-bond acceptors (Lipinski definition) is 4. The number of anilines is 1. The van der Waals surface area contributed by atoms with Gasteiger partial charge in [-0.05, 0) is 49.3 Å². The van der Waals surface area contributed by atoms with Crippen molar-refractivity contribution in [1.82, 2.24) is 15.6 Å². The molecule has 0 spiro atoms. The average molecular weight is 412 g/mol. The van der Waals surface area contributed by atoms with Gasteiger partial charge < -0.3 is 15.5 Å². The van der Waals surface area contributed by atoms with Crippen molar-refractivity contribution in [2.45, 2.75) is 56.4 Å². The lowest BCUT2D eigenvalue weighted by Gasteiger charge is -2.38. The van der Waals surface area contributed by atoms with Crippen LogP contribution in [0.15, 0.2) is 46.9 Å². The summed E-state index contributed by atoms with van der Waals surface area (Å²) in [5.74, 6) is 2.03. The standard InChI is InChI=1S/C23H33N5S/c1-24-22(26-18-23(12-4-2-5-13-23)20-8-7-17-29-20)27-19-10-15-28(16-11-19)21-9-3-6-14-25-21/h3,6-9,14,17,19H,2,4-5,10-13,15-16,18H2,1H3,(H2,24,26,27). The maximum absolute atomic E-state index is 4.53. The van der Waals surface area contributed by atoms with Crippen LogP contribution in [0.25, 0.3) is 0 Å². The lowest BCUT2D eigenvalue weighted by molar-refractivity contribution is 0.295. The molecule has 3 heterocycles. The summed E-state index contributed by atoms with van der Waals surface area (Å²) in [5, 5.41) is 9.57. The highest BCUT2D eigenvalue weighted by molar-refractivity contribution is 7.10. The molecule has 0 amide bonds. The molecule has 4 rings (SSSR count). The van der Waals surface area contributed by atoms with Crippen molar-refractivity contribution in [2.24, 2.45) is 4.99 Å². The summed E-state index contributed by atoms with van der Waals surface area (Å²) in [5.41, 5.74) is 0.270. The zero-order valence-corrected chi connectivity index (χ0v) is 18.3. The maximum atomic E-state index is 4.53. The van der Waals surface area contributed by atoms with Crippen LogP contribution in [-0.2, 0) is 5.41 Å². The summed E-state index contributed by atoms with van der Waals surface area (Å²) >= 11 is 1.91. The summed E-state index contributed by atoms with van der Waals surface area (Å²) in [7, 11) is 1.89. The quantitative estimate of drug-likeness (QED) is 0.572. The van der Waals surface area contributed by atoms with Crippen LogP contribution in [0.5, 0.6) is 0 Å². The van der Waals surface area contributed by atoms with Crippen LogP contribution in [0.2, 0.25) is 0 Å². The second-order valence-corrected chi connectivity index (χ2v) is 9.29. The molecule has 2 N–H and O–H groups in total. The van der Waals surface area contributed by atoms with E-state index in [0.29, 0.717) is 6.04 Å². The van der Waals surface area contributed by atoms with Crippen molar-refractivity contribution in [2.75, 3.05) is 31.6 Å². The Morgan fingerprint density at radius 2 is 2.00 bits per heavy atom. The molecule has 156 valence electrons. The second-order valence-electron chi connectivity index (χ2n) is 8.34. The molecule has 2 aliphatic rings. The van der Waals surface area contributed by atoms with E-state index < -0.39 is 0 Å². The van der Waals surface area contributed by atoms with Gasteiger partial charge in [0, 0.05) is 49.2 Å². The highest BCUT2D eigenvalue weighted by Crippen LogP contribution is 2.41. The Labute approximate surface area is 178 Å². The van der Waals surface area contributed by atoms with Crippen LogP contribution in [0.1, 0.15) is 49.8 Å². The third-order valence-electron chi connectivity index (χ3n) is 6.48. The van der Waals surface area contributed by atoms with E-state index in [2.05, 4.69) is 55.2 Å². The first-order valence-electron chi connectivity index (χ1n) is 11.0. The summed E-state index contributed by atoms with van der Waals surface area (Å²) in [6.07, 6.45) is 10.7. The van der Waals surface area contributed by atoms with Crippen LogP contribution >= 0.6 is 11.3 Å². The molecular formula is C23H33N5S. The summed E-state index contributed by atoms with van der Waals surface area (Å²) < 4.78 is 0. The van der Waals surface area contributed by atoms with Gasteiger partial charge in [0.25, 0.3) is 0 Å². The van der Waals surface area contributed by atoms with Gasteiger partial charge >= 0.3 is 0 Å². The van der Waals surface area contributed by atoms with Crippen molar-refractivity contribution in [3.63, 3.8) is 0 Å². The van der Waals surface area contributed by atoms with Crippen molar-refractivity contribution >= 4 is 23.1 Å². The zero-order valence-electron chi connectivity index (χ0n) is 17.4. The minimum Gasteiger partial charge on any atom is -0.356 e. The molecule has 0 bridgehead atoms. The van der Waals surface area contributed by atoms with Crippen molar-refractivity contribution in [3.05, 3.63) is 46.8 Å². The number of aromatic nitrogens is 1. The van der Waals surface area contributed by atoms with E-state index in [-0.39, 0.29) is 5.41 Å². The predicted octanol–water partition coefficient (Wildman–Crippen LogP) is 4.18. The number of guanidine groups is 1. The SMILES string of the molecule is CN=C(NCC1(c2cccs2)CCCCC1)NC1CCN(c2ccccn2)CC1. The monoisotopic (exact) mass is 411 g/mol. The van der Waals surface area contributed by atoms with Crippen molar-refractivity contribution in [1.29, 1.82) is 0 Å². The molecule has 1 aliphatic carbocycles. The number of thiophene rings is 1. The fraction of sp³-hybridized carbons (Fsp3) is 0.565. The highest BCUT2D eigenvalue weighted by Gasteiger charge is 2.35. The molecule has 2 aromatic rings. The first-order valence-corrected chi connectivity index (χ1v) is 11.8. The van der Waals surface area contributed by atoms with E-state index in [1.165, 1.54) is 37.0 Å². The smallest absolute Gasteiger partial charge is 0.191 e. The molecule has 1 saturated carbocycles. The first-order chi connectivity index (χ1) is 14.3. The molecule has 2 aromatic heterocycles. The van der Waals surface area contributed by atoms with E-state index in [9.17, 15) is 0 Å². The number of nitrogens with one attached hydrogen (secondary N) is 2. The highest BCUT2D eigenvalue weighted by atomic mass is 32.1. The zero-order chi connectivity index (χ0) is 19.9. The van der Waals surface area contributed by atoms with Crippen LogP contribution in [0.3, 0.4) is 0 Å². The fourth-order valence-corrected chi connectivity index (χ4v) is 5.74. The van der Waals surface area contributed by atoms with Gasteiger partial charge in [0.15, 0.2) is 5.96 Å². The molecule has 0 radical (unpaired) electrons. The van der Waals surface area contributed by atoms with E-state index in [1.807, 2.05) is 30.6 Å². The maximum Gasteiger partial charge on any atom is 0.191 e. The van der Waals surface area contributed by atoms with Gasteiger partial charge in [-0.1, -0.05) is 31.4 Å². The fourth-order valence-electron chi connectivity index (χ4n) is 4.75. The predicted molar refractivity (Wildman–Crippen MR) is 123 cm³/mol. The van der Waals surface area contributed by atoms with Crippen molar-refractivity contribution < 1.29 is 0 Å². The van der Waals surface area contributed by atoms with Gasteiger partial charge in [0.1, 0.15) is 5.82 Å². The molecule has 6 heteroatoms. The summed E-state index contributed by atoms with van der Waals surface area (Å²) in [6.45, 7) is 3.04. The normalized spacial score (nSPS) is 20.4. The Morgan fingerprint density at radius 1 is 1.17 bits per heavy atom. The number of aliphatic imine (C=N–C) groups is 1. The number of rotatable bonds is 5. The molecule has 0 unspecified atom stereocenters. The van der Waals surface area contributed by atoms with Crippen LogP contribution in [0, 0.1) is 0 Å². The van der Waals surface area contributed by atoms with Crippen LogP contribution < -0.4 is 15.5 Å². The van der Waals surface area contributed by atoms with E-state index in [1.54, 1.807) is 0 Å². The molecule has 1 aliphatic heterocycles. The lowest BCUT2D eigenvalue weighted by Crippen LogP contribution is -2.51. The number of hydrogen-bond donors (Lipinski definition) is 2. The number of nitrogens with zero attached hydrogens (tertiary/aromatic N) is 3. The van der Waals surface area contributed by atoms with Gasteiger partial charge in [-0.15, -0.1) is 11.3 Å². The largest absolute Gasteiger partial charge is 0.356 e. The average Bonchev–Trinajstić information content (AvgIpc) is 3.34. The Kier molecular flexibility index (Phi) is 6.70. The van der Waals surface area contributed by atoms with Crippen LogP contribution in [0.4, 0.5) is 5.82 Å². The van der Waals surface area contributed by atoms with Gasteiger partial charge in [-0.25, -0.2) is 4.98 Å². The van der Waals surface area contributed by atoms with Gasteiger partial charge in [0.05, 0.1) is 0 Å². The second kappa shape index (κ2) is 9.61. The summed E-state index contributed by atoms with van der Waals surface area (Å²) in [6, 6.07) is 11.1. The van der Waals surface area contributed by atoms with Gasteiger partial charge in [0.2, 0.25) is 0 Å². The number of pyridine rings is 1. The molecule has 29 heavy (non-hydrogen) atoms. The Balaban J connectivity index is 1.31. The first kappa shape index (κ1) is 20.2. The minimum atomic E-state index is 0.270. The topological polar surface area (TPSA) is 52.6 Å². The van der Waals surface area contributed by atoms with Crippen molar-refractivity contribution in [3.8, 4) is 0 Å². The van der Waals surface area contributed by atoms with Gasteiger partial charge in [-0.3, -0.25) is 4.99 Å².